The molecular weight excluding hydrogens is 434 g/mol. The fraction of sp³-hybridized carbons (Fsp3) is 0.519. The lowest BCUT2D eigenvalue weighted by Crippen LogP contribution is -2.47. The Kier molecular flexibility index (Phi) is 6.34. The van der Waals surface area contributed by atoms with Crippen molar-refractivity contribution in [2.75, 3.05) is 0 Å². The number of rotatable bonds is 6. The molecule has 1 saturated carbocycles. The number of fused-ring (bicyclic) bond motifs is 1. The number of nitrogens with zero attached hydrogens (tertiary/aromatic N) is 1. The van der Waals surface area contributed by atoms with E-state index in [1.807, 2.05) is 13.0 Å². The van der Waals surface area contributed by atoms with Gasteiger partial charge in [0.1, 0.15) is 4.90 Å². The Morgan fingerprint density at radius 3 is 2.45 bits per heavy atom. The van der Waals surface area contributed by atoms with Crippen LogP contribution in [0.3, 0.4) is 0 Å². The maximum Gasteiger partial charge on any atom is 0.358 e. The number of hydrogen-bond donors (Lipinski definition) is 0. The van der Waals surface area contributed by atoms with Crippen molar-refractivity contribution < 1.29 is 17.1 Å². The molecule has 0 radical (unpaired) electrons. The Bertz CT molecular complexity index is 1160. The highest BCUT2D eigenvalue weighted by molar-refractivity contribution is 7.86. The first-order valence-corrected chi connectivity index (χ1v) is 13.2. The van der Waals surface area contributed by atoms with Crippen LogP contribution in [0.5, 0.6) is 0 Å². The van der Waals surface area contributed by atoms with Gasteiger partial charge in [-0.05, 0) is 92.0 Å². The summed E-state index contributed by atoms with van der Waals surface area (Å²) in [5.74, 6) is 0.381. The minimum atomic E-state index is -3.96. The summed E-state index contributed by atoms with van der Waals surface area (Å²) in [4.78, 5) is 0.123. The lowest BCUT2D eigenvalue weighted by Gasteiger charge is -2.55. The van der Waals surface area contributed by atoms with E-state index in [1.54, 1.807) is 36.8 Å². The molecule has 6 heteroatoms. The van der Waals surface area contributed by atoms with Crippen molar-refractivity contribution in [2.24, 2.45) is 21.9 Å². The smallest absolute Gasteiger partial charge is 0.358 e. The van der Waals surface area contributed by atoms with Crippen molar-refractivity contribution in [3.05, 3.63) is 65.1 Å². The van der Waals surface area contributed by atoms with Crippen LogP contribution < -0.4 is 0 Å². The van der Waals surface area contributed by atoms with Gasteiger partial charge in [0.2, 0.25) is 0 Å². The van der Waals surface area contributed by atoms with E-state index >= 15 is 0 Å². The summed E-state index contributed by atoms with van der Waals surface area (Å²) in [6.07, 6.45) is 9.55. The molecule has 1 fully saturated rings. The molecule has 0 spiro atoms. The van der Waals surface area contributed by atoms with Crippen LogP contribution >= 0.6 is 0 Å². The minimum absolute atomic E-state index is 0.0738. The van der Waals surface area contributed by atoms with Gasteiger partial charge >= 0.3 is 10.1 Å². The summed E-state index contributed by atoms with van der Waals surface area (Å²) < 4.78 is 36.1. The molecule has 0 saturated heterocycles. The Morgan fingerprint density at radius 2 is 1.79 bits per heavy atom. The van der Waals surface area contributed by atoms with Gasteiger partial charge in [0.25, 0.3) is 0 Å². The van der Waals surface area contributed by atoms with Crippen molar-refractivity contribution in [1.29, 1.82) is 0 Å². The average Bonchev–Trinajstić information content (AvgIpc) is 3.26. The second kappa shape index (κ2) is 8.79. The Morgan fingerprint density at radius 1 is 1.06 bits per heavy atom. The molecule has 2 aliphatic rings. The number of hydrogen-bond acceptors (Lipinski definition) is 5. The Balaban J connectivity index is 1.69. The third-order valence-electron chi connectivity index (χ3n) is 8.00. The van der Waals surface area contributed by atoms with Gasteiger partial charge in [-0.2, -0.15) is 8.42 Å². The van der Waals surface area contributed by atoms with Crippen molar-refractivity contribution in [1.82, 2.24) is 0 Å². The fourth-order valence-electron chi connectivity index (χ4n) is 6.06. The van der Waals surface area contributed by atoms with Crippen LogP contribution in [0.15, 0.2) is 68.5 Å². The number of oxime groups is 1. The van der Waals surface area contributed by atoms with E-state index < -0.39 is 10.1 Å². The molecule has 1 aromatic carbocycles. The first-order valence-electron chi connectivity index (χ1n) is 11.8. The molecule has 178 valence electrons. The van der Waals surface area contributed by atoms with Gasteiger partial charge in [0.05, 0.1) is 18.2 Å². The highest BCUT2D eigenvalue weighted by Gasteiger charge is 2.51. The number of benzene rings is 1. The molecule has 1 aromatic heterocycles. The molecule has 4 rings (SSSR count). The van der Waals surface area contributed by atoms with E-state index in [1.165, 1.54) is 17.6 Å². The summed E-state index contributed by atoms with van der Waals surface area (Å²) in [6, 6.07) is 8.66. The third-order valence-corrected chi connectivity index (χ3v) is 9.12. The highest BCUT2D eigenvalue weighted by atomic mass is 32.2. The van der Waals surface area contributed by atoms with Gasteiger partial charge in [-0.25, -0.2) is 0 Å². The predicted molar refractivity (Wildman–Crippen MR) is 130 cm³/mol. The van der Waals surface area contributed by atoms with E-state index in [0.29, 0.717) is 5.92 Å². The van der Waals surface area contributed by atoms with Gasteiger partial charge in [0, 0.05) is 0 Å². The summed E-state index contributed by atoms with van der Waals surface area (Å²) in [7, 11) is -3.96. The van der Waals surface area contributed by atoms with Crippen molar-refractivity contribution in [3.63, 3.8) is 0 Å². The Labute approximate surface area is 198 Å². The SMILES string of the molecule is CC1=C(CCc2ccoc2)[C@@]2(C)CCCC(C)(C)[C@@H]2C/C1=N/OS(=O)(=O)c1ccc(C)cc1. The van der Waals surface area contributed by atoms with Gasteiger partial charge in [-0.3, -0.25) is 4.28 Å². The van der Waals surface area contributed by atoms with Crippen LogP contribution in [0, 0.1) is 23.7 Å². The van der Waals surface area contributed by atoms with Crippen molar-refractivity contribution in [3.8, 4) is 0 Å². The maximum absolute atomic E-state index is 12.8. The van der Waals surface area contributed by atoms with E-state index in [0.717, 1.165) is 49.0 Å². The second-order valence-corrected chi connectivity index (χ2v) is 12.2. The number of aryl methyl sites for hydroxylation is 2. The summed E-state index contributed by atoms with van der Waals surface area (Å²) in [5, 5.41) is 4.27. The van der Waals surface area contributed by atoms with Gasteiger partial charge < -0.3 is 4.42 Å². The molecule has 1 heterocycles. The van der Waals surface area contributed by atoms with Crippen LogP contribution in [-0.4, -0.2) is 14.1 Å². The molecule has 2 atom stereocenters. The van der Waals surface area contributed by atoms with Gasteiger partial charge in [-0.1, -0.05) is 55.6 Å². The summed E-state index contributed by atoms with van der Waals surface area (Å²) >= 11 is 0. The molecule has 0 N–H and O–H groups in total. The Hall–Kier alpha value is -2.34. The zero-order valence-corrected chi connectivity index (χ0v) is 21.2. The fourth-order valence-corrected chi connectivity index (χ4v) is 6.80. The number of allylic oxidation sites excluding steroid dienone is 2. The lowest BCUT2D eigenvalue weighted by atomic mass is 9.49. The topological polar surface area (TPSA) is 68.9 Å². The monoisotopic (exact) mass is 469 g/mol. The molecule has 0 bridgehead atoms. The summed E-state index contributed by atoms with van der Waals surface area (Å²) in [5.41, 5.74) is 5.60. The van der Waals surface area contributed by atoms with Crippen LogP contribution in [-0.2, 0) is 20.8 Å². The van der Waals surface area contributed by atoms with Gasteiger partial charge in [0.15, 0.2) is 0 Å². The molecular formula is C27H35NO4S. The first kappa shape index (κ1) is 23.8. The average molecular weight is 470 g/mol. The summed E-state index contributed by atoms with van der Waals surface area (Å²) in [6.45, 7) is 11.1. The van der Waals surface area contributed by atoms with Crippen molar-refractivity contribution in [2.45, 2.75) is 78.0 Å². The molecule has 33 heavy (non-hydrogen) atoms. The zero-order valence-electron chi connectivity index (χ0n) is 20.3. The minimum Gasteiger partial charge on any atom is -0.472 e. The second-order valence-electron chi connectivity index (χ2n) is 10.6. The quantitative estimate of drug-likeness (QED) is 0.435. The third kappa shape index (κ3) is 4.68. The predicted octanol–water partition coefficient (Wildman–Crippen LogP) is 6.83. The van der Waals surface area contributed by atoms with E-state index in [4.69, 9.17) is 8.70 Å². The molecule has 5 nitrogen and oxygen atoms in total. The standard InChI is InChI=1S/C27H35NO4S/c1-19-7-10-22(11-8-19)33(29,30)32-28-24-17-25-26(3,4)14-6-15-27(25,5)23(20(24)2)12-9-21-13-16-31-18-21/h7-8,10-11,13,16,18,25H,6,9,12,14-15,17H2,1-5H3/b28-24-/t25-,27+/m0/s1. The molecule has 2 aromatic rings. The maximum atomic E-state index is 12.8. The molecule has 0 amide bonds. The molecule has 0 unspecified atom stereocenters. The van der Waals surface area contributed by atoms with Gasteiger partial charge in [-0.15, -0.1) is 0 Å². The highest BCUT2D eigenvalue weighted by Crippen LogP contribution is 2.59. The van der Waals surface area contributed by atoms with E-state index in [-0.39, 0.29) is 15.7 Å². The van der Waals surface area contributed by atoms with Crippen LogP contribution in [0.2, 0.25) is 0 Å². The molecule has 0 aliphatic heterocycles. The normalized spacial score (nSPS) is 26.3. The first-order chi connectivity index (χ1) is 15.5. The van der Waals surface area contributed by atoms with Crippen LogP contribution in [0.1, 0.15) is 70.9 Å². The number of furan rings is 1. The van der Waals surface area contributed by atoms with Crippen LogP contribution in [0.25, 0.3) is 0 Å². The lowest BCUT2D eigenvalue weighted by molar-refractivity contribution is 0.0259. The van der Waals surface area contributed by atoms with Crippen LogP contribution in [0.4, 0.5) is 0 Å². The largest absolute Gasteiger partial charge is 0.472 e. The van der Waals surface area contributed by atoms with E-state index in [2.05, 4.69) is 32.9 Å². The molecule has 2 aliphatic carbocycles. The van der Waals surface area contributed by atoms with Crippen molar-refractivity contribution >= 4 is 15.8 Å². The zero-order chi connectivity index (χ0) is 23.9. The van der Waals surface area contributed by atoms with E-state index in [9.17, 15) is 8.42 Å².